The highest BCUT2D eigenvalue weighted by molar-refractivity contribution is 6.00. The minimum absolute atomic E-state index is 0.0213. The number of nitrogens with zero attached hydrogens (tertiary/aromatic N) is 3. The summed E-state index contributed by atoms with van der Waals surface area (Å²) in [4.78, 5) is 45.6. The predicted molar refractivity (Wildman–Crippen MR) is 169 cm³/mol. The first-order valence-corrected chi connectivity index (χ1v) is 15.8. The predicted octanol–water partition coefficient (Wildman–Crippen LogP) is 4.28. The smallest absolute Gasteiger partial charge is 0.251 e. The third kappa shape index (κ3) is 8.36. The lowest BCUT2D eigenvalue weighted by Crippen LogP contribution is -2.73. The molecule has 4 rings (SSSR count). The summed E-state index contributed by atoms with van der Waals surface area (Å²) in [7, 11) is 3.94. The van der Waals surface area contributed by atoms with Crippen LogP contribution >= 0.6 is 0 Å². The molecule has 2 N–H and O–H groups in total. The number of unbranched alkanes of at least 4 members (excludes halogenated alkanes) is 1. The molecule has 9 nitrogen and oxygen atoms in total. The summed E-state index contributed by atoms with van der Waals surface area (Å²) in [5.41, 5.74) is 1.02. The lowest BCUT2D eigenvalue weighted by molar-refractivity contribution is -0.161. The van der Waals surface area contributed by atoms with Gasteiger partial charge < -0.3 is 25.2 Å². The van der Waals surface area contributed by atoms with Crippen LogP contribution in [0.3, 0.4) is 0 Å². The van der Waals surface area contributed by atoms with Crippen molar-refractivity contribution >= 4 is 17.7 Å². The van der Waals surface area contributed by atoms with Crippen molar-refractivity contribution in [1.29, 1.82) is 0 Å². The summed E-state index contributed by atoms with van der Waals surface area (Å²) in [5.74, 6) is 1.75. The van der Waals surface area contributed by atoms with Gasteiger partial charge in [0.05, 0.1) is 0 Å². The first-order chi connectivity index (χ1) is 20.6. The molecule has 0 bridgehead atoms. The summed E-state index contributed by atoms with van der Waals surface area (Å²) >= 11 is 0. The SMILES string of the molecule is CCCCN1C(=O)C(CC(C)C)NC(=O)C12CCN(Cc1ccc(Oc3ccc(C(=O)NCCN(C)C)cc3)cc1)CC2. The number of hydrogen-bond acceptors (Lipinski definition) is 6. The highest BCUT2D eigenvalue weighted by Gasteiger charge is 2.53. The molecule has 1 spiro atoms. The van der Waals surface area contributed by atoms with E-state index in [1.54, 1.807) is 24.3 Å². The van der Waals surface area contributed by atoms with Gasteiger partial charge in [0.25, 0.3) is 5.91 Å². The summed E-state index contributed by atoms with van der Waals surface area (Å²) in [6.07, 6.45) is 3.86. The number of carbonyl (C=O) groups excluding carboxylic acids is 3. The van der Waals surface area contributed by atoms with Gasteiger partial charge >= 0.3 is 0 Å². The molecule has 9 heteroatoms. The standard InChI is InChI=1S/C34H49N5O4/c1-6-7-19-39-32(41)30(23-25(2)3)36-33(42)34(39)16-20-38(21-17-34)24-26-8-12-28(13-9-26)43-29-14-10-27(11-15-29)31(40)35-18-22-37(4)5/h8-15,25,30H,6-7,16-24H2,1-5H3,(H,35,40)(H,36,42). The van der Waals surface area contributed by atoms with Crippen LogP contribution in [-0.2, 0) is 16.1 Å². The maximum Gasteiger partial charge on any atom is 0.251 e. The number of piperazine rings is 1. The van der Waals surface area contributed by atoms with Gasteiger partial charge in [-0.3, -0.25) is 19.3 Å². The van der Waals surface area contributed by atoms with Gasteiger partial charge in [0.2, 0.25) is 11.8 Å². The number of piperidine rings is 1. The Balaban J connectivity index is 1.30. The Morgan fingerprint density at radius 3 is 2.26 bits per heavy atom. The number of carbonyl (C=O) groups is 3. The van der Waals surface area contributed by atoms with Crippen molar-refractivity contribution in [1.82, 2.24) is 25.3 Å². The fourth-order valence-electron chi connectivity index (χ4n) is 5.95. The molecule has 0 aliphatic carbocycles. The molecule has 2 aromatic rings. The lowest BCUT2D eigenvalue weighted by Gasteiger charge is -2.52. The van der Waals surface area contributed by atoms with Gasteiger partial charge in [-0.25, -0.2) is 0 Å². The van der Waals surface area contributed by atoms with E-state index < -0.39 is 11.6 Å². The van der Waals surface area contributed by atoms with Crippen LogP contribution in [0.1, 0.15) is 68.8 Å². The molecule has 3 amide bonds. The van der Waals surface area contributed by atoms with Crippen molar-refractivity contribution in [2.75, 3.05) is 46.8 Å². The fraction of sp³-hybridized carbons (Fsp3) is 0.559. The first-order valence-electron chi connectivity index (χ1n) is 15.8. The van der Waals surface area contributed by atoms with E-state index in [2.05, 4.69) is 48.4 Å². The average Bonchev–Trinajstić information content (AvgIpc) is 2.98. The molecular formula is C34H49N5O4. The Kier molecular flexibility index (Phi) is 11.2. The zero-order valence-corrected chi connectivity index (χ0v) is 26.5. The molecule has 2 heterocycles. The second-order valence-corrected chi connectivity index (χ2v) is 12.6. The van der Waals surface area contributed by atoms with E-state index >= 15 is 0 Å². The summed E-state index contributed by atoms with van der Waals surface area (Å²) < 4.78 is 6.01. The number of amides is 3. The summed E-state index contributed by atoms with van der Waals surface area (Å²) in [6, 6.07) is 14.8. The van der Waals surface area contributed by atoms with Gasteiger partial charge in [0.15, 0.2) is 0 Å². The molecule has 43 heavy (non-hydrogen) atoms. The molecule has 1 unspecified atom stereocenters. The van der Waals surface area contributed by atoms with Crippen LogP contribution in [0.4, 0.5) is 0 Å². The second kappa shape index (κ2) is 14.8. The molecule has 0 radical (unpaired) electrons. The second-order valence-electron chi connectivity index (χ2n) is 12.6. The van der Waals surface area contributed by atoms with Crippen LogP contribution in [0.2, 0.25) is 0 Å². The zero-order chi connectivity index (χ0) is 31.0. The van der Waals surface area contributed by atoms with E-state index in [0.29, 0.717) is 49.6 Å². The van der Waals surface area contributed by atoms with Crippen molar-refractivity contribution in [2.45, 2.75) is 71.0 Å². The molecule has 1 atom stereocenters. The quantitative estimate of drug-likeness (QED) is 0.361. The van der Waals surface area contributed by atoms with Crippen molar-refractivity contribution in [3.63, 3.8) is 0 Å². The van der Waals surface area contributed by atoms with Crippen molar-refractivity contribution in [3.05, 3.63) is 59.7 Å². The number of rotatable bonds is 13. The van der Waals surface area contributed by atoms with E-state index in [1.165, 1.54) is 0 Å². The topological polar surface area (TPSA) is 94.2 Å². The van der Waals surface area contributed by atoms with Crippen LogP contribution in [-0.4, -0.2) is 90.8 Å². The van der Waals surface area contributed by atoms with Crippen LogP contribution in [0, 0.1) is 5.92 Å². The number of likely N-dealkylation sites (N-methyl/N-ethyl adjacent to an activating group) is 1. The third-order valence-electron chi connectivity index (χ3n) is 8.46. The van der Waals surface area contributed by atoms with E-state index in [4.69, 9.17) is 4.74 Å². The van der Waals surface area contributed by atoms with Crippen LogP contribution in [0.15, 0.2) is 48.5 Å². The molecule has 234 valence electrons. The molecule has 2 saturated heterocycles. The van der Waals surface area contributed by atoms with Gasteiger partial charge in [0.1, 0.15) is 23.1 Å². The third-order valence-corrected chi connectivity index (χ3v) is 8.46. The summed E-state index contributed by atoms with van der Waals surface area (Å²) in [6.45, 7) is 10.6. The highest BCUT2D eigenvalue weighted by atomic mass is 16.5. The normalized spacial score (nSPS) is 18.8. The van der Waals surface area contributed by atoms with Crippen molar-refractivity contribution in [2.24, 2.45) is 5.92 Å². The van der Waals surface area contributed by atoms with Gasteiger partial charge in [-0.05, 0) is 87.7 Å². The Morgan fingerprint density at radius 2 is 1.67 bits per heavy atom. The molecule has 2 aliphatic rings. The lowest BCUT2D eigenvalue weighted by atomic mass is 9.80. The van der Waals surface area contributed by atoms with Crippen molar-refractivity contribution < 1.29 is 19.1 Å². The van der Waals surface area contributed by atoms with Crippen molar-refractivity contribution in [3.8, 4) is 11.5 Å². The maximum atomic E-state index is 13.5. The van der Waals surface area contributed by atoms with Crippen LogP contribution < -0.4 is 15.4 Å². The molecule has 0 saturated carbocycles. The van der Waals surface area contributed by atoms with Gasteiger partial charge in [-0.1, -0.05) is 39.3 Å². The molecular weight excluding hydrogens is 542 g/mol. The van der Waals surface area contributed by atoms with Gasteiger partial charge in [-0.2, -0.15) is 0 Å². The monoisotopic (exact) mass is 591 g/mol. The van der Waals surface area contributed by atoms with Crippen LogP contribution in [0.5, 0.6) is 11.5 Å². The summed E-state index contributed by atoms with van der Waals surface area (Å²) in [5, 5.41) is 6.01. The van der Waals surface area contributed by atoms with E-state index in [9.17, 15) is 14.4 Å². The molecule has 2 aliphatic heterocycles. The fourth-order valence-corrected chi connectivity index (χ4v) is 5.95. The molecule has 2 fully saturated rings. The van der Waals surface area contributed by atoms with Gasteiger partial charge in [-0.15, -0.1) is 0 Å². The highest BCUT2D eigenvalue weighted by Crippen LogP contribution is 2.35. The van der Waals surface area contributed by atoms with Crippen LogP contribution in [0.25, 0.3) is 0 Å². The number of hydrogen-bond donors (Lipinski definition) is 2. The van der Waals surface area contributed by atoms with E-state index in [1.807, 2.05) is 36.0 Å². The molecule has 2 aromatic carbocycles. The van der Waals surface area contributed by atoms with E-state index in [0.717, 1.165) is 50.3 Å². The largest absolute Gasteiger partial charge is 0.457 e. The number of ether oxygens (including phenoxy) is 1. The maximum absolute atomic E-state index is 13.5. The Hall–Kier alpha value is -3.43. The van der Waals surface area contributed by atoms with Gasteiger partial charge in [0, 0.05) is 44.8 Å². The minimum atomic E-state index is -0.740. The zero-order valence-electron chi connectivity index (χ0n) is 26.5. The Labute approximate surface area is 256 Å². The number of benzene rings is 2. The Morgan fingerprint density at radius 1 is 1.05 bits per heavy atom. The Bertz CT molecular complexity index is 1220. The first kappa shape index (κ1) is 32.5. The van der Waals surface area contributed by atoms with E-state index in [-0.39, 0.29) is 17.7 Å². The number of likely N-dealkylation sites (tertiary alicyclic amines) is 1. The number of nitrogens with one attached hydrogen (secondary N) is 2. The average molecular weight is 592 g/mol. The minimum Gasteiger partial charge on any atom is -0.457 e. The molecule has 0 aromatic heterocycles.